The van der Waals surface area contributed by atoms with Gasteiger partial charge in [-0.3, -0.25) is 4.79 Å². The number of hydrogen-bond acceptors (Lipinski definition) is 5. The molecule has 0 unspecified atom stereocenters. The van der Waals surface area contributed by atoms with Crippen molar-refractivity contribution in [1.82, 2.24) is 9.97 Å². The van der Waals surface area contributed by atoms with Gasteiger partial charge in [-0.15, -0.1) is 0 Å². The number of carbonyl (C=O) groups excluding carboxylic acids is 1. The van der Waals surface area contributed by atoms with E-state index < -0.39 is 0 Å². The van der Waals surface area contributed by atoms with Gasteiger partial charge < -0.3 is 15.0 Å². The van der Waals surface area contributed by atoms with Crippen LogP contribution in [0, 0.1) is 13.8 Å². The van der Waals surface area contributed by atoms with Gasteiger partial charge in [-0.25, -0.2) is 9.97 Å². The second-order valence-corrected chi connectivity index (χ2v) is 6.90. The molecule has 1 fully saturated rings. The third-order valence-electron chi connectivity index (χ3n) is 4.38. The van der Waals surface area contributed by atoms with Crippen LogP contribution in [0.15, 0.2) is 24.5 Å². The molecule has 1 aromatic carbocycles. The maximum atomic E-state index is 12.2. The van der Waals surface area contributed by atoms with Crippen molar-refractivity contribution in [3.63, 3.8) is 0 Å². The molecule has 6 nitrogen and oxygen atoms in total. The van der Waals surface area contributed by atoms with Gasteiger partial charge in [-0.1, -0.05) is 11.6 Å². The molecule has 0 bridgehead atoms. The summed E-state index contributed by atoms with van der Waals surface area (Å²) in [6.07, 6.45) is 5.07. The first-order valence-electron chi connectivity index (χ1n) is 8.79. The van der Waals surface area contributed by atoms with Gasteiger partial charge in [-0.05, 0) is 56.4 Å². The van der Waals surface area contributed by atoms with E-state index in [2.05, 4.69) is 20.2 Å². The minimum atomic E-state index is -0.265. The smallest absolute Gasteiger partial charge is 0.263 e. The lowest BCUT2D eigenvalue weighted by Crippen LogP contribution is -2.30. The minimum Gasteiger partial charge on any atom is -0.484 e. The normalized spacial score (nSPS) is 14.2. The molecular weight excluding hydrogens is 352 g/mol. The Kier molecular flexibility index (Phi) is 5.93. The van der Waals surface area contributed by atoms with Crippen molar-refractivity contribution in [3.8, 4) is 5.75 Å². The number of halogens is 1. The number of benzene rings is 1. The summed E-state index contributed by atoms with van der Waals surface area (Å²) in [7, 11) is 0. The first-order chi connectivity index (χ1) is 12.5. The highest BCUT2D eigenvalue weighted by atomic mass is 35.5. The van der Waals surface area contributed by atoms with Crippen molar-refractivity contribution in [3.05, 3.63) is 40.7 Å². The van der Waals surface area contributed by atoms with E-state index in [0.29, 0.717) is 16.6 Å². The molecule has 0 radical (unpaired) electrons. The molecule has 0 saturated carbocycles. The van der Waals surface area contributed by atoms with Crippen molar-refractivity contribution in [2.75, 3.05) is 29.9 Å². The molecule has 0 aliphatic carbocycles. The van der Waals surface area contributed by atoms with Crippen molar-refractivity contribution in [1.29, 1.82) is 0 Å². The molecule has 1 aliphatic heterocycles. The van der Waals surface area contributed by atoms with Crippen LogP contribution in [0.2, 0.25) is 5.02 Å². The standard InChI is InChI=1S/C19H23ClN4O2/c1-13-8-15(9-14(2)19(13)20)26-11-18(25)23-16-10-17(22-12-21-16)24-6-4-3-5-7-24/h8-10,12H,3-7,11H2,1-2H3,(H,21,22,23,25). The van der Waals surface area contributed by atoms with Gasteiger partial charge in [0.15, 0.2) is 6.61 Å². The van der Waals surface area contributed by atoms with Crippen LogP contribution >= 0.6 is 11.6 Å². The Bertz CT molecular complexity index is 768. The number of aryl methyl sites for hydroxylation is 2. The molecule has 1 amide bonds. The molecule has 2 heterocycles. The van der Waals surface area contributed by atoms with Crippen molar-refractivity contribution >= 4 is 29.1 Å². The van der Waals surface area contributed by atoms with E-state index in [9.17, 15) is 4.79 Å². The topological polar surface area (TPSA) is 67.3 Å². The van der Waals surface area contributed by atoms with Gasteiger partial charge in [-0.2, -0.15) is 0 Å². The molecule has 2 aromatic rings. The van der Waals surface area contributed by atoms with E-state index in [1.54, 1.807) is 6.07 Å². The Morgan fingerprint density at radius 3 is 2.54 bits per heavy atom. The zero-order chi connectivity index (χ0) is 18.5. The molecule has 7 heteroatoms. The molecule has 1 aliphatic rings. The van der Waals surface area contributed by atoms with Gasteiger partial charge in [0.05, 0.1) is 0 Å². The van der Waals surface area contributed by atoms with Gasteiger partial charge >= 0.3 is 0 Å². The summed E-state index contributed by atoms with van der Waals surface area (Å²) in [5, 5.41) is 3.48. The Morgan fingerprint density at radius 2 is 1.85 bits per heavy atom. The molecule has 138 valence electrons. The van der Waals surface area contributed by atoms with Gasteiger partial charge in [0, 0.05) is 24.2 Å². The van der Waals surface area contributed by atoms with Crippen LogP contribution in [0.1, 0.15) is 30.4 Å². The van der Waals surface area contributed by atoms with E-state index in [0.717, 1.165) is 30.0 Å². The number of amides is 1. The number of aromatic nitrogens is 2. The highest BCUT2D eigenvalue weighted by molar-refractivity contribution is 6.32. The van der Waals surface area contributed by atoms with E-state index in [1.807, 2.05) is 26.0 Å². The maximum absolute atomic E-state index is 12.2. The Balaban J connectivity index is 1.58. The second-order valence-electron chi connectivity index (χ2n) is 6.52. The summed E-state index contributed by atoms with van der Waals surface area (Å²) < 4.78 is 5.58. The average Bonchev–Trinajstić information content (AvgIpc) is 2.65. The van der Waals surface area contributed by atoms with Gasteiger partial charge in [0.1, 0.15) is 23.7 Å². The monoisotopic (exact) mass is 374 g/mol. The number of rotatable bonds is 5. The number of hydrogen-bond donors (Lipinski definition) is 1. The number of anilines is 2. The SMILES string of the molecule is Cc1cc(OCC(=O)Nc2cc(N3CCCCC3)ncn2)cc(C)c1Cl. The predicted octanol–water partition coefficient (Wildman–Crippen LogP) is 3.75. The molecular formula is C19H23ClN4O2. The van der Waals surface area contributed by atoms with Crippen molar-refractivity contribution < 1.29 is 9.53 Å². The summed E-state index contributed by atoms with van der Waals surface area (Å²) in [5.41, 5.74) is 1.84. The molecule has 3 rings (SSSR count). The summed E-state index contributed by atoms with van der Waals surface area (Å²) in [6, 6.07) is 5.45. The fourth-order valence-corrected chi connectivity index (χ4v) is 3.14. The largest absolute Gasteiger partial charge is 0.484 e. The Hall–Kier alpha value is -2.34. The van der Waals surface area contributed by atoms with Crippen molar-refractivity contribution in [2.24, 2.45) is 0 Å². The average molecular weight is 375 g/mol. The van der Waals surface area contributed by atoms with Crippen molar-refractivity contribution in [2.45, 2.75) is 33.1 Å². The van der Waals surface area contributed by atoms with E-state index >= 15 is 0 Å². The highest BCUT2D eigenvalue weighted by Gasteiger charge is 2.14. The lowest BCUT2D eigenvalue weighted by Gasteiger charge is -2.27. The van der Waals surface area contributed by atoms with Crippen LogP contribution in [-0.2, 0) is 4.79 Å². The van der Waals surface area contributed by atoms with E-state index in [1.165, 1.54) is 25.6 Å². The van der Waals surface area contributed by atoms with Crippen LogP contribution in [0.4, 0.5) is 11.6 Å². The summed E-state index contributed by atoms with van der Waals surface area (Å²) in [4.78, 5) is 22.8. The van der Waals surface area contributed by atoms with Crippen LogP contribution < -0.4 is 15.0 Å². The first kappa shape index (κ1) is 18.5. The zero-order valence-corrected chi connectivity index (χ0v) is 15.8. The minimum absolute atomic E-state index is 0.0937. The quantitative estimate of drug-likeness (QED) is 0.863. The molecule has 1 N–H and O–H groups in total. The molecule has 26 heavy (non-hydrogen) atoms. The number of nitrogens with zero attached hydrogens (tertiary/aromatic N) is 3. The fraction of sp³-hybridized carbons (Fsp3) is 0.421. The third-order valence-corrected chi connectivity index (χ3v) is 4.98. The Morgan fingerprint density at radius 1 is 1.15 bits per heavy atom. The van der Waals surface area contributed by atoms with Crippen LogP contribution in [0.5, 0.6) is 5.75 Å². The highest BCUT2D eigenvalue weighted by Crippen LogP contribution is 2.26. The summed E-state index contributed by atoms with van der Waals surface area (Å²) in [5.74, 6) is 1.69. The summed E-state index contributed by atoms with van der Waals surface area (Å²) in [6.45, 7) is 5.70. The predicted molar refractivity (Wildman–Crippen MR) is 103 cm³/mol. The Labute approximate surface area is 158 Å². The number of ether oxygens (including phenoxy) is 1. The van der Waals surface area contributed by atoms with E-state index in [4.69, 9.17) is 16.3 Å². The number of carbonyl (C=O) groups is 1. The molecule has 1 saturated heterocycles. The third kappa shape index (κ3) is 4.64. The zero-order valence-electron chi connectivity index (χ0n) is 15.1. The maximum Gasteiger partial charge on any atom is 0.263 e. The summed E-state index contributed by atoms with van der Waals surface area (Å²) >= 11 is 6.15. The first-order valence-corrected chi connectivity index (χ1v) is 9.17. The van der Waals surface area contributed by atoms with Crippen LogP contribution in [-0.4, -0.2) is 35.6 Å². The number of piperidine rings is 1. The van der Waals surface area contributed by atoms with Gasteiger partial charge in [0.2, 0.25) is 0 Å². The second kappa shape index (κ2) is 8.36. The fourth-order valence-electron chi connectivity index (χ4n) is 3.03. The lowest BCUT2D eigenvalue weighted by molar-refractivity contribution is -0.118. The molecule has 0 atom stereocenters. The van der Waals surface area contributed by atoms with Crippen LogP contribution in [0.25, 0.3) is 0 Å². The van der Waals surface area contributed by atoms with E-state index in [-0.39, 0.29) is 12.5 Å². The molecule has 0 spiro atoms. The lowest BCUT2D eigenvalue weighted by atomic mass is 10.1. The van der Waals surface area contributed by atoms with Crippen LogP contribution in [0.3, 0.4) is 0 Å². The molecule has 1 aromatic heterocycles. The number of nitrogens with one attached hydrogen (secondary N) is 1. The van der Waals surface area contributed by atoms with Gasteiger partial charge in [0.25, 0.3) is 5.91 Å².